The lowest BCUT2D eigenvalue weighted by molar-refractivity contribution is 0.0571. The number of rotatable bonds is 1. The Morgan fingerprint density at radius 3 is 2.62 bits per heavy atom. The Morgan fingerprint density at radius 1 is 1.62 bits per heavy atom. The molecule has 0 spiro atoms. The summed E-state index contributed by atoms with van der Waals surface area (Å²) in [6, 6.07) is 0.450. The lowest BCUT2D eigenvalue weighted by Gasteiger charge is -2.43. The number of likely N-dealkylation sites (tertiary alicyclic amines) is 1. The van der Waals surface area contributed by atoms with Crippen molar-refractivity contribution < 1.29 is 9.90 Å². The highest BCUT2D eigenvalue weighted by Gasteiger charge is 2.36. The standard InChI is InChI=1S/C9H18N2O2/c1-9(2)6-7(10-3)4-5-11(9)8(12)13/h7,10H,4-6H2,1-3H3,(H,12,13). The number of nitrogens with one attached hydrogen (secondary N) is 1. The molecule has 1 unspecified atom stereocenters. The van der Waals surface area contributed by atoms with E-state index in [0.717, 1.165) is 12.8 Å². The van der Waals surface area contributed by atoms with E-state index in [9.17, 15) is 4.79 Å². The molecule has 1 fully saturated rings. The van der Waals surface area contributed by atoms with Crippen LogP contribution in [0, 0.1) is 0 Å². The quantitative estimate of drug-likeness (QED) is 0.645. The zero-order chi connectivity index (χ0) is 10.1. The van der Waals surface area contributed by atoms with E-state index in [1.807, 2.05) is 20.9 Å². The summed E-state index contributed by atoms with van der Waals surface area (Å²) in [6.07, 6.45) is 0.988. The Kier molecular flexibility index (Phi) is 2.81. The van der Waals surface area contributed by atoms with Gasteiger partial charge in [-0.05, 0) is 33.7 Å². The van der Waals surface area contributed by atoms with Gasteiger partial charge in [0.1, 0.15) is 0 Å². The number of amides is 1. The lowest BCUT2D eigenvalue weighted by Crippen LogP contribution is -2.55. The summed E-state index contributed by atoms with van der Waals surface area (Å²) in [4.78, 5) is 12.4. The Balaban J connectivity index is 2.67. The number of nitrogens with zero attached hydrogens (tertiary/aromatic N) is 1. The van der Waals surface area contributed by atoms with E-state index < -0.39 is 6.09 Å². The fraction of sp³-hybridized carbons (Fsp3) is 0.889. The van der Waals surface area contributed by atoms with Gasteiger partial charge in [0.15, 0.2) is 0 Å². The highest BCUT2D eigenvalue weighted by molar-refractivity contribution is 5.66. The molecule has 1 heterocycles. The maximum Gasteiger partial charge on any atom is 0.407 e. The molecular weight excluding hydrogens is 168 g/mol. The van der Waals surface area contributed by atoms with Gasteiger partial charge in [-0.25, -0.2) is 4.79 Å². The zero-order valence-corrected chi connectivity index (χ0v) is 8.50. The van der Waals surface area contributed by atoms with E-state index >= 15 is 0 Å². The van der Waals surface area contributed by atoms with E-state index in [2.05, 4.69) is 5.32 Å². The van der Waals surface area contributed by atoms with Gasteiger partial charge in [-0.2, -0.15) is 0 Å². The molecule has 0 aromatic heterocycles. The summed E-state index contributed by atoms with van der Waals surface area (Å²) >= 11 is 0. The van der Waals surface area contributed by atoms with Crippen molar-refractivity contribution in [1.82, 2.24) is 10.2 Å². The first kappa shape index (κ1) is 10.3. The molecule has 1 amide bonds. The van der Waals surface area contributed by atoms with Crippen LogP contribution in [0.1, 0.15) is 26.7 Å². The molecule has 1 aliphatic rings. The van der Waals surface area contributed by atoms with Crippen LogP contribution in [-0.4, -0.2) is 41.3 Å². The van der Waals surface area contributed by atoms with Crippen LogP contribution in [0.3, 0.4) is 0 Å². The van der Waals surface area contributed by atoms with Crippen LogP contribution < -0.4 is 5.32 Å². The second-order valence-corrected chi connectivity index (χ2v) is 4.23. The van der Waals surface area contributed by atoms with Crippen molar-refractivity contribution in [2.24, 2.45) is 0 Å². The molecule has 0 radical (unpaired) electrons. The Morgan fingerprint density at radius 2 is 2.23 bits per heavy atom. The van der Waals surface area contributed by atoms with E-state index in [4.69, 9.17) is 5.11 Å². The summed E-state index contributed by atoms with van der Waals surface area (Å²) in [7, 11) is 1.93. The number of carbonyl (C=O) groups is 1. The van der Waals surface area contributed by atoms with Crippen LogP contribution in [0.2, 0.25) is 0 Å². The third-order valence-corrected chi connectivity index (χ3v) is 2.82. The zero-order valence-electron chi connectivity index (χ0n) is 8.50. The third kappa shape index (κ3) is 2.12. The van der Waals surface area contributed by atoms with Gasteiger partial charge in [-0.15, -0.1) is 0 Å². The minimum Gasteiger partial charge on any atom is -0.465 e. The third-order valence-electron chi connectivity index (χ3n) is 2.82. The highest BCUT2D eigenvalue weighted by Crippen LogP contribution is 2.27. The van der Waals surface area contributed by atoms with Gasteiger partial charge < -0.3 is 15.3 Å². The monoisotopic (exact) mass is 186 g/mol. The number of piperidine rings is 1. The second kappa shape index (κ2) is 3.54. The molecule has 0 saturated carbocycles. The molecule has 1 saturated heterocycles. The van der Waals surface area contributed by atoms with Crippen molar-refractivity contribution in [2.75, 3.05) is 13.6 Å². The summed E-state index contributed by atoms with van der Waals surface area (Å²) in [5, 5.41) is 12.1. The van der Waals surface area contributed by atoms with Crippen LogP contribution in [0.4, 0.5) is 4.79 Å². The van der Waals surface area contributed by atoms with Gasteiger partial charge in [0.2, 0.25) is 0 Å². The van der Waals surface area contributed by atoms with Crippen LogP contribution in [0.5, 0.6) is 0 Å². The SMILES string of the molecule is CNC1CCN(C(=O)O)C(C)(C)C1. The van der Waals surface area contributed by atoms with Crippen molar-refractivity contribution in [3.05, 3.63) is 0 Å². The Bertz CT molecular complexity index is 204. The van der Waals surface area contributed by atoms with E-state index in [-0.39, 0.29) is 5.54 Å². The molecule has 4 nitrogen and oxygen atoms in total. The number of carboxylic acid groups (broad SMARTS) is 1. The van der Waals surface area contributed by atoms with Crippen molar-refractivity contribution in [1.29, 1.82) is 0 Å². The van der Waals surface area contributed by atoms with Gasteiger partial charge >= 0.3 is 6.09 Å². The molecule has 13 heavy (non-hydrogen) atoms. The Labute approximate surface area is 78.9 Å². The highest BCUT2D eigenvalue weighted by atomic mass is 16.4. The van der Waals surface area contributed by atoms with E-state index in [1.54, 1.807) is 0 Å². The van der Waals surface area contributed by atoms with Crippen LogP contribution in [0.25, 0.3) is 0 Å². The van der Waals surface area contributed by atoms with Gasteiger partial charge in [0.25, 0.3) is 0 Å². The molecule has 4 heteroatoms. The van der Waals surface area contributed by atoms with Crippen LogP contribution >= 0.6 is 0 Å². The topological polar surface area (TPSA) is 52.6 Å². The molecular formula is C9H18N2O2. The lowest BCUT2D eigenvalue weighted by atomic mass is 9.87. The summed E-state index contributed by atoms with van der Waals surface area (Å²) < 4.78 is 0. The maximum absolute atomic E-state index is 10.9. The molecule has 1 atom stereocenters. The van der Waals surface area contributed by atoms with E-state index in [1.165, 1.54) is 4.90 Å². The molecule has 0 aromatic carbocycles. The summed E-state index contributed by atoms with van der Waals surface area (Å²) in [6.45, 7) is 4.59. The van der Waals surface area contributed by atoms with Crippen LogP contribution in [0.15, 0.2) is 0 Å². The van der Waals surface area contributed by atoms with Crippen molar-refractivity contribution in [2.45, 2.75) is 38.3 Å². The molecule has 2 N–H and O–H groups in total. The average Bonchev–Trinajstić information content (AvgIpc) is 2.01. The predicted molar refractivity (Wildman–Crippen MR) is 50.9 cm³/mol. The number of hydrogen-bond donors (Lipinski definition) is 2. The first-order valence-corrected chi connectivity index (χ1v) is 4.65. The average molecular weight is 186 g/mol. The second-order valence-electron chi connectivity index (χ2n) is 4.23. The van der Waals surface area contributed by atoms with E-state index in [0.29, 0.717) is 12.6 Å². The maximum atomic E-state index is 10.9. The van der Waals surface area contributed by atoms with Gasteiger partial charge in [-0.3, -0.25) is 0 Å². The Hall–Kier alpha value is -0.770. The minimum atomic E-state index is -0.806. The fourth-order valence-corrected chi connectivity index (χ4v) is 2.00. The first-order valence-electron chi connectivity index (χ1n) is 4.65. The predicted octanol–water partition coefficient (Wildman–Crippen LogP) is 1.13. The van der Waals surface area contributed by atoms with Crippen molar-refractivity contribution in [3.63, 3.8) is 0 Å². The first-order chi connectivity index (χ1) is 5.97. The molecule has 0 aliphatic carbocycles. The molecule has 1 aliphatic heterocycles. The van der Waals surface area contributed by atoms with Gasteiger partial charge in [-0.1, -0.05) is 0 Å². The number of hydrogen-bond acceptors (Lipinski definition) is 2. The largest absolute Gasteiger partial charge is 0.465 e. The van der Waals surface area contributed by atoms with Gasteiger partial charge in [0, 0.05) is 18.1 Å². The molecule has 0 bridgehead atoms. The molecule has 1 rings (SSSR count). The normalized spacial score (nSPS) is 27.3. The van der Waals surface area contributed by atoms with Crippen molar-refractivity contribution >= 4 is 6.09 Å². The van der Waals surface area contributed by atoms with Crippen LogP contribution in [-0.2, 0) is 0 Å². The van der Waals surface area contributed by atoms with Crippen molar-refractivity contribution in [3.8, 4) is 0 Å². The summed E-state index contributed by atoms with van der Waals surface area (Å²) in [5.74, 6) is 0. The molecule has 76 valence electrons. The minimum absolute atomic E-state index is 0.238. The van der Waals surface area contributed by atoms with Gasteiger partial charge in [0.05, 0.1) is 0 Å². The fourth-order valence-electron chi connectivity index (χ4n) is 2.00. The summed E-state index contributed by atoms with van der Waals surface area (Å²) in [5.41, 5.74) is -0.238. The molecule has 0 aromatic rings. The smallest absolute Gasteiger partial charge is 0.407 e.